The van der Waals surface area contributed by atoms with E-state index in [1.807, 2.05) is 49.8 Å². The van der Waals surface area contributed by atoms with Crippen LogP contribution >= 0.6 is 23.2 Å². The Morgan fingerprint density at radius 3 is 2.32 bits per heavy atom. The standard InChI is InChI=1S/C38H36Cl2F3N5O4S/c1-4-17-46(18-5-2)35-33(40)34(38(41,42)43)48(44-35)32-16-14-26(20-30(32)37(50)47-22-27-10-7-6-9-25(27)19-23(47)3)36(49)45-53(51,52)28-15-13-24-11-8-12-31(39)29(24)21-28/h6-16,20-21,23H,4-5,17-19,22H2,1-3H3,(H,45,49)/t23-/m1/s1. The smallest absolute Gasteiger partial charge is 0.354 e. The molecule has 4 aromatic carbocycles. The summed E-state index contributed by atoms with van der Waals surface area (Å²) in [5.41, 5.74) is -0.244. The van der Waals surface area contributed by atoms with Gasteiger partial charge in [-0.05, 0) is 79.1 Å². The second-order valence-corrected chi connectivity index (χ2v) is 15.4. The van der Waals surface area contributed by atoms with Gasteiger partial charge in [-0.3, -0.25) is 9.59 Å². The van der Waals surface area contributed by atoms with Crippen molar-refractivity contribution in [2.45, 2.75) is 63.7 Å². The summed E-state index contributed by atoms with van der Waals surface area (Å²) in [4.78, 5) is 31.1. The number of nitrogens with zero attached hydrogens (tertiary/aromatic N) is 4. The lowest BCUT2D eigenvalue weighted by atomic mass is 9.94. The van der Waals surface area contributed by atoms with E-state index in [-0.39, 0.29) is 40.1 Å². The van der Waals surface area contributed by atoms with Gasteiger partial charge in [0, 0.05) is 41.6 Å². The molecule has 0 saturated carbocycles. The highest BCUT2D eigenvalue weighted by atomic mass is 35.5. The van der Waals surface area contributed by atoms with Crippen LogP contribution in [0.5, 0.6) is 0 Å². The van der Waals surface area contributed by atoms with Gasteiger partial charge >= 0.3 is 6.18 Å². The zero-order valence-corrected chi connectivity index (χ0v) is 31.4. The summed E-state index contributed by atoms with van der Waals surface area (Å²) >= 11 is 12.8. The molecule has 0 saturated heterocycles. The fourth-order valence-electron chi connectivity index (χ4n) is 6.63. The predicted octanol–water partition coefficient (Wildman–Crippen LogP) is 8.68. The molecule has 2 amide bonds. The van der Waals surface area contributed by atoms with Crippen molar-refractivity contribution in [3.05, 3.63) is 117 Å². The minimum absolute atomic E-state index is 0.0928. The van der Waals surface area contributed by atoms with Crippen molar-refractivity contribution >= 4 is 61.6 Å². The predicted molar refractivity (Wildman–Crippen MR) is 199 cm³/mol. The molecule has 0 bridgehead atoms. The minimum Gasteiger partial charge on any atom is -0.354 e. The number of aromatic nitrogens is 2. The topological polar surface area (TPSA) is 105 Å². The first-order valence-corrected chi connectivity index (χ1v) is 19.3. The fraction of sp³-hybridized carbons (Fsp3) is 0.289. The number of halogens is 5. The van der Waals surface area contributed by atoms with Gasteiger partial charge in [0.25, 0.3) is 21.8 Å². The third-order valence-electron chi connectivity index (χ3n) is 9.19. The lowest BCUT2D eigenvalue weighted by molar-refractivity contribution is -0.142. The molecule has 1 N–H and O–H groups in total. The maximum Gasteiger partial charge on any atom is 0.435 e. The molecule has 1 aromatic heterocycles. The molecule has 1 aliphatic rings. The normalized spacial score (nSPS) is 14.6. The number of amides is 2. The Labute approximate surface area is 315 Å². The van der Waals surface area contributed by atoms with E-state index in [2.05, 4.69) is 5.10 Å². The van der Waals surface area contributed by atoms with Crippen LogP contribution in [0.3, 0.4) is 0 Å². The van der Waals surface area contributed by atoms with Crippen LogP contribution < -0.4 is 9.62 Å². The van der Waals surface area contributed by atoms with Crippen LogP contribution in [0.15, 0.2) is 83.8 Å². The number of fused-ring (bicyclic) bond motifs is 2. The highest BCUT2D eigenvalue weighted by molar-refractivity contribution is 7.90. The third kappa shape index (κ3) is 7.60. The van der Waals surface area contributed by atoms with E-state index in [0.29, 0.717) is 52.8 Å². The van der Waals surface area contributed by atoms with Crippen LogP contribution in [0.1, 0.15) is 71.1 Å². The van der Waals surface area contributed by atoms with Gasteiger partial charge in [0.1, 0.15) is 5.02 Å². The largest absolute Gasteiger partial charge is 0.435 e. The molecular formula is C38H36Cl2F3N5O4S. The van der Waals surface area contributed by atoms with Crippen LogP contribution in [0, 0.1) is 0 Å². The van der Waals surface area contributed by atoms with E-state index in [9.17, 15) is 31.2 Å². The zero-order valence-electron chi connectivity index (χ0n) is 29.0. The number of alkyl halides is 3. The number of benzene rings is 4. The molecule has 1 aliphatic heterocycles. The summed E-state index contributed by atoms with van der Waals surface area (Å²) in [6.07, 6.45) is -3.28. The van der Waals surface area contributed by atoms with E-state index in [4.69, 9.17) is 23.2 Å². The molecule has 0 fully saturated rings. The van der Waals surface area contributed by atoms with Gasteiger partial charge in [-0.2, -0.15) is 13.2 Å². The molecule has 6 rings (SSSR count). The molecule has 53 heavy (non-hydrogen) atoms. The Morgan fingerprint density at radius 1 is 0.943 bits per heavy atom. The number of sulfonamides is 1. The summed E-state index contributed by atoms with van der Waals surface area (Å²) in [6, 6.07) is 19.8. The van der Waals surface area contributed by atoms with Gasteiger partial charge in [-0.25, -0.2) is 17.8 Å². The number of anilines is 1. The number of nitrogens with one attached hydrogen (secondary N) is 1. The first-order valence-electron chi connectivity index (χ1n) is 17.0. The molecule has 5 aromatic rings. The minimum atomic E-state index is -4.99. The van der Waals surface area contributed by atoms with E-state index >= 15 is 0 Å². The van der Waals surface area contributed by atoms with Crippen molar-refractivity contribution in [3.8, 4) is 5.69 Å². The van der Waals surface area contributed by atoms with Crippen molar-refractivity contribution in [2.75, 3.05) is 18.0 Å². The number of carbonyl (C=O) groups is 2. The van der Waals surface area contributed by atoms with Gasteiger partial charge in [0.15, 0.2) is 11.5 Å². The molecule has 9 nitrogen and oxygen atoms in total. The zero-order chi connectivity index (χ0) is 38.2. The summed E-state index contributed by atoms with van der Waals surface area (Å²) in [5, 5.41) is 5.17. The van der Waals surface area contributed by atoms with Crippen molar-refractivity contribution in [2.24, 2.45) is 0 Å². The van der Waals surface area contributed by atoms with Crippen LogP contribution in [0.2, 0.25) is 10.0 Å². The monoisotopic (exact) mass is 785 g/mol. The highest BCUT2D eigenvalue weighted by Crippen LogP contribution is 2.42. The summed E-state index contributed by atoms with van der Waals surface area (Å²) in [6.45, 7) is 6.51. The second-order valence-electron chi connectivity index (χ2n) is 12.9. The SMILES string of the molecule is CCCN(CCC)c1nn(-c2ccc(C(=O)NS(=O)(=O)c3ccc4cccc(Cl)c4c3)cc2C(=O)N2Cc3ccccc3C[C@H]2C)c(C(F)(F)F)c1Cl. The Bertz CT molecular complexity index is 2320. The van der Waals surface area contributed by atoms with Crippen molar-refractivity contribution in [1.29, 1.82) is 0 Å². The van der Waals surface area contributed by atoms with E-state index in [0.717, 1.165) is 29.3 Å². The van der Waals surface area contributed by atoms with E-state index < -0.39 is 38.7 Å². The molecule has 278 valence electrons. The fourth-order valence-corrected chi connectivity index (χ4v) is 8.21. The second kappa shape index (κ2) is 15.0. The first kappa shape index (κ1) is 38.1. The number of rotatable bonds is 10. The van der Waals surface area contributed by atoms with Gasteiger partial charge in [-0.15, -0.1) is 5.10 Å². The molecule has 15 heteroatoms. The van der Waals surface area contributed by atoms with Crippen molar-refractivity contribution < 1.29 is 31.2 Å². The average Bonchev–Trinajstić information content (AvgIpc) is 3.47. The molecular weight excluding hydrogens is 750 g/mol. The summed E-state index contributed by atoms with van der Waals surface area (Å²) in [5.74, 6) is -1.87. The third-order valence-corrected chi connectivity index (χ3v) is 11.2. The molecule has 0 aliphatic carbocycles. The van der Waals surface area contributed by atoms with Crippen LogP contribution in [-0.4, -0.2) is 54.0 Å². The lowest BCUT2D eigenvalue weighted by Crippen LogP contribution is -2.43. The number of hydrogen-bond donors (Lipinski definition) is 1. The molecule has 0 unspecified atom stereocenters. The lowest BCUT2D eigenvalue weighted by Gasteiger charge is -2.35. The highest BCUT2D eigenvalue weighted by Gasteiger charge is 2.42. The van der Waals surface area contributed by atoms with Crippen molar-refractivity contribution in [3.63, 3.8) is 0 Å². The summed E-state index contributed by atoms with van der Waals surface area (Å²) < 4.78 is 74.0. The van der Waals surface area contributed by atoms with Crippen LogP contribution in [0.4, 0.5) is 19.0 Å². The molecule has 0 radical (unpaired) electrons. The molecule has 2 heterocycles. The maximum atomic E-state index is 14.8. The van der Waals surface area contributed by atoms with Crippen molar-refractivity contribution in [1.82, 2.24) is 19.4 Å². The summed E-state index contributed by atoms with van der Waals surface area (Å²) in [7, 11) is -4.47. The Balaban J connectivity index is 1.47. The Morgan fingerprint density at radius 2 is 1.64 bits per heavy atom. The first-order chi connectivity index (χ1) is 25.1. The quantitative estimate of drug-likeness (QED) is 0.152. The van der Waals surface area contributed by atoms with Crippen LogP contribution in [-0.2, 0) is 29.2 Å². The van der Waals surface area contributed by atoms with Gasteiger partial charge in [0.05, 0.1) is 16.1 Å². The average molecular weight is 787 g/mol. The maximum absolute atomic E-state index is 14.8. The number of carbonyl (C=O) groups excluding carboxylic acids is 2. The van der Waals surface area contributed by atoms with Crippen LogP contribution in [0.25, 0.3) is 16.5 Å². The molecule has 0 spiro atoms. The Hall–Kier alpha value is -4.59. The van der Waals surface area contributed by atoms with E-state index in [1.165, 1.54) is 17.0 Å². The van der Waals surface area contributed by atoms with Gasteiger partial charge in [0.2, 0.25) is 0 Å². The van der Waals surface area contributed by atoms with Gasteiger partial charge < -0.3 is 9.80 Å². The molecule has 1 atom stereocenters. The Kier molecular flexibility index (Phi) is 10.8. The number of hydrogen-bond acceptors (Lipinski definition) is 6. The van der Waals surface area contributed by atoms with E-state index in [1.54, 1.807) is 29.2 Å². The van der Waals surface area contributed by atoms with Gasteiger partial charge in [-0.1, -0.05) is 79.5 Å².